The van der Waals surface area contributed by atoms with Gasteiger partial charge in [-0.25, -0.2) is 4.98 Å². The van der Waals surface area contributed by atoms with Crippen LogP contribution >= 0.6 is 22.6 Å². The number of benzene rings is 1. The standard InChI is InChI=1S/C17H17IN2O2/c18-15-4-2-1-3-14(15)17(21)20-10-13-7-8-16(19-9-13)22-11-12-5-6-12/h1-4,7-9,12H,5-6,10-11H2,(H,20,21). The molecule has 0 spiro atoms. The lowest BCUT2D eigenvalue weighted by molar-refractivity contribution is 0.0950. The molecule has 1 amide bonds. The van der Waals surface area contributed by atoms with Gasteiger partial charge in [0.15, 0.2) is 0 Å². The zero-order chi connectivity index (χ0) is 15.4. The van der Waals surface area contributed by atoms with Gasteiger partial charge in [-0.3, -0.25) is 4.79 Å². The Balaban J connectivity index is 1.52. The number of carbonyl (C=O) groups is 1. The molecule has 1 aromatic heterocycles. The summed E-state index contributed by atoms with van der Waals surface area (Å²) in [5.41, 5.74) is 1.65. The van der Waals surface area contributed by atoms with Crippen LogP contribution in [0.3, 0.4) is 0 Å². The number of hydrogen-bond donors (Lipinski definition) is 1. The second-order valence-corrected chi connectivity index (χ2v) is 6.58. The molecular formula is C17H17IN2O2. The fourth-order valence-electron chi connectivity index (χ4n) is 2.01. The summed E-state index contributed by atoms with van der Waals surface area (Å²) in [7, 11) is 0. The van der Waals surface area contributed by atoms with Crippen molar-refractivity contribution in [2.45, 2.75) is 19.4 Å². The molecule has 1 heterocycles. The SMILES string of the molecule is O=C(NCc1ccc(OCC2CC2)nc1)c1ccccc1I. The third-order valence-corrected chi connectivity index (χ3v) is 4.47. The molecule has 114 valence electrons. The zero-order valence-electron chi connectivity index (χ0n) is 12.1. The van der Waals surface area contributed by atoms with Gasteiger partial charge in [0.25, 0.3) is 5.91 Å². The molecule has 1 aliphatic rings. The lowest BCUT2D eigenvalue weighted by atomic mass is 10.2. The Morgan fingerprint density at radius 3 is 2.77 bits per heavy atom. The predicted octanol–water partition coefficient (Wildman–Crippen LogP) is 3.41. The van der Waals surface area contributed by atoms with E-state index in [0.717, 1.165) is 15.7 Å². The van der Waals surface area contributed by atoms with E-state index < -0.39 is 0 Å². The molecule has 1 saturated carbocycles. The highest BCUT2D eigenvalue weighted by Gasteiger charge is 2.22. The van der Waals surface area contributed by atoms with Crippen LogP contribution in [0.5, 0.6) is 5.88 Å². The summed E-state index contributed by atoms with van der Waals surface area (Å²) in [6.07, 6.45) is 4.28. The van der Waals surface area contributed by atoms with Crippen molar-refractivity contribution in [3.05, 3.63) is 57.3 Å². The normalized spacial score (nSPS) is 13.7. The van der Waals surface area contributed by atoms with Gasteiger partial charge in [-0.1, -0.05) is 18.2 Å². The van der Waals surface area contributed by atoms with E-state index in [2.05, 4.69) is 32.9 Å². The molecule has 22 heavy (non-hydrogen) atoms. The van der Waals surface area contributed by atoms with Gasteiger partial charge in [-0.05, 0) is 59.0 Å². The summed E-state index contributed by atoms with van der Waals surface area (Å²) in [6.45, 7) is 1.22. The Labute approximate surface area is 143 Å². The summed E-state index contributed by atoms with van der Waals surface area (Å²) >= 11 is 2.16. The summed E-state index contributed by atoms with van der Waals surface area (Å²) in [4.78, 5) is 16.4. The molecule has 0 unspecified atom stereocenters. The average Bonchev–Trinajstić information content (AvgIpc) is 3.36. The van der Waals surface area contributed by atoms with Crippen molar-refractivity contribution < 1.29 is 9.53 Å². The molecular weight excluding hydrogens is 391 g/mol. The van der Waals surface area contributed by atoms with Gasteiger partial charge in [0.1, 0.15) is 0 Å². The summed E-state index contributed by atoms with van der Waals surface area (Å²) in [5, 5.41) is 2.91. The fraction of sp³-hybridized carbons (Fsp3) is 0.294. The number of aromatic nitrogens is 1. The molecule has 0 bridgehead atoms. The van der Waals surface area contributed by atoms with Gasteiger partial charge < -0.3 is 10.1 Å². The Bertz CT molecular complexity index is 654. The first kappa shape index (κ1) is 15.3. The minimum absolute atomic E-state index is 0.0703. The molecule has 1 fully saturated rings. The third-order valence-electron chi connectivity index (χ3n) is 3.53. The van der Waals surface area contributed by atoms with Gasteiger partial charge in [-0.2, -0.15) is 0 Å². The van der Waals surface area contributed by atoms with E-state index in [-0.39, 0.29) is 5.91 Å². The molecule has 3 rings (SSSR count). The van der Waals surface area contributed by atoms with Gasteiger partial charge in [0.05, 0.1) is 12.2 Å². The quantitative estimate of drug-likeness (QED) is 0.746. The molecule has 1 aliphatic carbocycles. The number of hydrogen-bond acceptors (Lipinski definition) is 3. The predicted molar refractivity (Wildman–Crippen MR) is 92.8 cm³/mol. The Kier molecular flexibility index (Phi) is 4.92. The van der Waals surface area contributed by atoms with Crippen molar-refractivity contribution in [3.8, 4) is 5.88 Å². The van der Waals surface area contributed by atoms with Crippen LogP contribution < -0.4 is 10.1 Å². The van der Waals surface area contributed by atoms with E-state index in [1.807, 2.05) is 36.4 Å². The number of rotatable bonds is 6. The first-order chi connectivity index (χ1) is 10.7. The topological polar surface area (TPSA) is 51.2 Å². The first-order valence-electron chi connectivity index (χ1n) is 7.33. The summed E-state index contributed by atoms with van der Waals surface area (Å²) in [6, 6.07) is 11.3. The maximum absolute atomic E-state index is 12.1. The number of nitrogens with zero attached hydrogens (tertiary/aromatic N) is 1. The Morgan fingerprint density at radius 1 is 1.27 bits per heavy atom. The average molecular weight is 408 g/mol. The second-order valence-electron chi connectivity index (χ2n) is 5.42. The third kappa shape index (κ3) is 4.19. The monoisotopic (exact) mass is 408 g/mol. The van der Waals surface area contributed by atoms with Gasteiger partial charge in [-0.15, -0.1) is 0 Å². The Morgan fingerprint density at radius 2 is 2.09 bits per heavy atom. The zero-order valence-corrected chi connectivity index (χ0v) is 14.2. The van der Waals surface area contributed by atoms with Crippen LogP contribution in [-0.2, 0) is 6.54 Å². The van der Waals surface area contributed by atoms with E-state index in [4.69, 9.17) is 4.74 Å². The molecule has 1 aromatic carbocycles. The van der Waals surface area contributed by atoms with Crippen LogP contribution in [0.15, 0.2) is 42.6 Å². The molecule has 0 saturated heterocycles. The summed E-state index contributed by atoms with van der Waals surface area (Å²) in [5.74, 6) is 1.30. The van der Waals surface area contributed by atoms with Crippen LogP contribution in [-0.4, -0.2) is 17.5 Å². The van der Waals surface area contributed by atoms with E-state index in [9.17, 15) is 4.79 Å². The van der Waals surface area contributed by atoms with Gasteiger partial charge >= 0.3 is 0 Å². The lowest BCUT2D eigenvalue weighted by Crippen LogP contribution is -2.23. The molecule has 4 nitrogen and oxygen atoms in total. The highest BCUT2D eigenvalue weighted by Crippen LogP contribution is 2.29. The van der Waals surface area contributed by atoms with Crippen molar-refractivity contribution in [2.24, 2.45) is 5.92 Å². The largest absolute Gasteiger partial charge is 0.477 e. The van der Waals surface area contributed by atoms with Crippen molar-refractivity contribution in [1.29, 1.82) is 0 Å². The van der Waals surface area contributed by atoms with Crippen molar-refractivity contribution in [3.63, 3.8) is 0 Å². The van der Waals surface area contributed by atoms with Crippen LogP contribution in [0.2, 0.25) is 0 Å². The minimum Gasteiger partial charge on any atom is -0.477 e. The summed E-state index contributed by atoms with van der Waals surface area (Å²) < 4.78 is 6.54. The number of carbonyl (C=O) groups excluding carboxylic acids is 1. The maximum atomic E-state index is 12.1. The molecule has 5 heteroatoms. The number of halogens is 1. The van der Waals surface area contributed by atoms with E-state index in [1.54, 1.807) is 6.20 Å². The molecule has 2 aromatic rings. The van der Waals surface area contributed by atoms with E-state index in [0.29, 0.717) is 23.9 Å². The number of pyridine rings is 1. The maximum Gasteiger partial charge on any atom is 0.252 e. The van der Waals surface area contributed by atoms with Crippen LogP contribution in [0.1, 0.15) is 28.8 Å². The minimum atomic E-state index is -0.0703. The van der Waals surface area contributed by atoms with Crippen molar-refractivity contribution in [1.82, 2.24) is 10.3 Å². The molecule has 0 atom stereocenters. The second kappa shape index (κ2) is 7.09. The highest BCUT2D eigenvalue weighted by molar-refractivity contribution is 14.1. The Hall–Kier alpha value is -1.63. The van der Waals surface area contributed by atoms with Crippen LogP contribution in [0, 0.1) is 9.49 Å². The van der Waals surface area contributed by atoms with Gasteiger partial charge in [0.2, 0.25) is 5.88 Å². The first-order valence-corrected chi connectivity index (χ1v) is 8.41. The number of ether oxygens (including phenoxy) is 1. The molecule has 0 radical (unpaired) electrons. The van der Waals surface area contributed by atoms with Crippen molar-refractivity contribution >= 4 is 28.5 Å². The number of amides is 1. The van der Waals surface area contributed by atoms with Crippen LogP contribution in [0.4, 0.5) is 0 Å². The smallest absolute Gasteiger partial charge is 0.252 e. The molecule has 0 aliphatic heterocycles. The molecule has 1 N–H and O–H groups in total. The van der Waals surface area contributed by atoms with Gasteiger partial charge in [0, 0.05) is 22.4 Å². The highest BCUT2D eigenvalue weighted by atomic mass is 127. The van der Waals surface area contributed by atoms with E-state index >= 15 is 0 Å². The van der Waals surface area contributed by atoms with Crippen molar-refractivity contribution in [2.75, 3.05) is 6.61 Å². The van der Waals surface area contributed by atoms with Crippen LogP contribution in [0.25, 0.3) is 0 Å². The fourth-order valence-corrected chi connectivity index (χ4v) is 2.64. The number of nitrogens with one attached hydrogen (secondary N) is 1. The lowest BCUT2D eigenvalue weighted by Gasteiger charge is -2.08. The van der Waals surface area contributed by atoms with E-state index in [1.165, 1.54) is 12.8 Å².